The maximum absolute atomic E-state index is 4.04. The van der Waals surface area contributed by atoms with Gasteiger partial charge in [0.2, 0.25) is 0 Å². The van der Waals surface area contributed by atoms with Gasteiger partial charge in [-0.2, -0.15) is 0 Å². The summed E-state index contributed by atoms with van der Waals surface area (Å²) in [6.45, 7) is 12.2. The standard InChI is InChI=1S/C12H22/c1-5-8-12(4)10-7-6-9-11(2)3/h2,4-10H2,1,3H3. The van der Waals surface area contributed by atoms with Crippen LogP contribution in [-0.4, -0.2) is 0 Å². The van der Waals surface area contributed by atoms with Gasteiger partial charge in [0.15, 0.2) is 0 Å². The third-order valence-electron chi connectivity index (χ3n) is 1.99. The lowest BCUT2D eigenvalue weighted by molar-refractivity contribution is 0.703. The summed E-state index contributed by atoms with van der Waals surface area (Å²) >= 11 is 0. The monoisotopic (exact) mass is 166 g/mol. The number of hydrogen-bond acceptors (Lipinski definition) is 0. The molecule has 0 aliphatic rings. The molecular weight excluding hydrogens is 144 g/mol. The Labute approximate surface area is 77.4 Å². The SMILES string of the molecule is C=C(C)CCCCC(=C)CCC. The van der Waals surface area contributed by atoms with Crippen LogP contribution in [-0.2, 0) is 0 Å². The van der Waals surface area contributed by atoms with E-state index in [0.29, 0.717) is 0 Å². The minimum atomic E-state index is 1.18. The van der Waals surface area contributed by atoms with Gasteiger partial charge in [-0.25, -0.2) is 0 Å². The summed E-state index contributed by atoms with van der Waals surface area (Å²) in [4.78, 5) is 0. The molecule has 0 saturated carbocycles. The van der Waals surface area contributed by atoms with Gasteiger partial charge in [0.1, 0.15) is 0 Å². The molecule has 0 saturated heterocycles. The van der Waals surface area contributed by atoms with Crippen molar-refractivity contribution in [1.82, 2.24) is 0 Å². The first kappa shape index (κ1) is 11.5. The molecule has 0 nitrogen and oxygen atoms in total. The van der Waals surface area contributed by atoms with Crippen LogP contribution in [0.25, 0.3) is 0 Å². The molecule has 0 fully saturated rings. The molecule has 0 aliphatic heterocycles. The molecule has 0 aromatic rings. The van der Waals surface area contributed by atoms with Crippen LogP contribution in [0.2, 0.25) is 0 Å². The van der Waals surface area contributed by atoms with Gasteiger partial charge in [-0.1, -0.05) is 31.1 Å². The summed E-state index contributed by atoms with van der Waals surface area (Å²) in [5.41, 5.74) is 2.72. The Kier molecular flexibility index (Phi) is 6.84. The topological polar surface area (TPSA) is 0 Å². The first-order valence-corrected chi connectivity index (χ1v) is 4.97. The smallest absolute Gasteiger partial charge is 0.0323 e. The third kappa shape index (κ3) is 7.59. The quantitative estimate of drug-likeness (QED) is 0.386. The van der Waals surface area contributed by atoms with Gasteiger partial charge in [-0.05, 0) is 39.0 Å². The van der Waals surface area contributed by atoms with Crippen molar-refractivity contribution in [3.63, 3.8) is 0 Å². The van der Waals surface area contributed by atoms with E-state index < -0.39 is 0 Å². The van der Waals surface area contributed by atoms with Crippen molar-refractivity contribution in [2.24, 2.45) is 0 Å². The summed E-state index contributed by atoms with van der Waals surface area (Å²) in [7, 11) is 0. The van der Waals surface area contributed by atoms with Gasteiger partial charge in [-0.3, -0.25) is 0 Å². The number of rotatable bonds is 7. The first-order valence-electron chi connectivity index (χ1n) is 4.97. The lowest BCUT2D eigenvalue weighted by Gasteiger charge is -2.03. The van der Waals surface area contributed by atoms with Gasteiger partial charge in [0.25, 0.3) is 0 Å². The molecule has 0 heteroatoms. The van der Waals surface area contributed by atoms with E-state index in [0.717, 1.165) is 0 Å². The zero-order chi connectivity index (χ0) is 9.40. The van der Waals surface area contributed by atoms with Crippen molar-refractivity contribution in [2.45, 2.75) is 52.4 Å². The van der Waals surface area contributed by atoms with Crippen LogP contribution in [0.1, 0.15) is 52.4 Å². The number of unbranched alkanes of at least 4 members (excludes halogenated alkanes) is 1. The van der Waals surface area contributed by atoms with E-state index in [2.05, 4.69) is 27.0 Å². The normalized spacial score (nSPS) is 9.83. The highest BCUT2D eigenvalue weighted by Gasteiger charge is 1.93. The molecule has 0 heterocycles. The molecule has 0 aromatic carbocycles. The molecule has 0 unspecified atom stereocenters. The Hall–Kier alpha value is -0.520. The fourth-order valence-electron chi connectivity index (χ4n) is 1.28. The Morgan fingerprint density at radius 1 is 1.00 bits per heavy atom. The molecule has 0 radical (unpaired) electrons. The molecule has 70 valence electrons. The highest BCUT2D eigenvalue weighted by atomic mass is 14.0. The summed E-state index contributed by atoms with van der Waals surface area (Å²) < 4.78 is 0. The molecule has 0 bridgehead atoms. The van der Waals surface area contributed by atoms with E-state index in [1.165, 1.54) is 49.7 Å². The molecule has 0 spiro atoms. The fourth-order valence-corrected chi connectivity index (χ4v) is 1.28. The predicted octanol–water partition coefficient (Wildman–Crippen LogP) is 4.48. The largest absolute Gasteiger partial charge is 0.100 e. The second-order valence-corrected chi connectivity index (χ2v) is 3.66. The molecule has 0 amide bonds. The van der Waals surface area contributed by atoms with Crippen LogP contribution >= 0.6 is 0 Å². The first-order chi connectivity index (χ1) is 5.66. The summed E-state index contributed by atoms with van der Waals surface area (Å²) in [6, 6.07) is 0. The average Bonchev–Trinajstić information content (AvgIpc) is 1.98. The average molecular weight is 166 g/mol. The van der Waals surface area contributed by atoms with E-state index in [4.69, 9.17) is 0 Å². The van der Waals surface area contributed by atoms with Crippen LogP contribution in [0.5, 0.6) is 0 Å². The van der Waals surface area contributed by atoms with E-state index in [9.17, 15) is 0 Å². The minimum absolute atomic E-state index is 1.18. The summed E-state index contributed by atoms with van der Waals surface area (Å²) in [5, 5.41) is 0. The second kappa shape index (κ2) is 7.15. The van der Waals surface area contributed by atoms with Crippen molar-refractivity contribution < 1.29 is 0 Å². The maximum atomic E-state index is 4.04. The molecule has 0 aliphatic carbocycles. The Balaban J connectivity index is 3.19. The van der Waals surface area contributed by atoms with Crippen LogP contribution < -0.4 is 0 Å². The zero-order valence-electron chi connectivity index (χ0n) is 8.66. The van der Waals surface area contributed by atoms with Crippen molar-refractivity contribution in [3.05, 3.63) is 24.3 Å². The van der Waals surface area contributed by atoms with Gasteiger partial charge in [-0.15, -0.1) is 6.58 Å². The third-order valence-corrected chi connectivity index (χ3v) is 1.99. The molecule has 0 atom stereocenters. The van der Waals surface area contributed by atoms with Gasteiger partial charge >= 0.3 is 0 Å². The van der Waals surface area contributed by atoms with Gasteiger partial charge in [0, 0.05) is 0 Å². The van der Waals surface area contributed by atoms with Crippen molar-refractivity contribution >= 4 is 0 Å². The maximum Gasteiger partial charge on any atom is -0.0323 e. The van der Waals surface area contributed by atoms with Crippen LogP contribution in [0.3, 0.4) is 0 Å². The van der Waals surface area contributed by atoms with Crippen LogP contribution in [0.15, 0.2) is 24.3 Å². The molecule has 0 rings (SSSR count). The van der Waals surface area contributed by atoms with Gasteiger partial charge in [0.05, 0.1) is 0 Å². The molecule has 0 aromatic heterocycles. The van der Waals surface area contributed by atoms with Crippen LogP contribution in [0.4, 0.5) is 0 Å². The van der Waals surface area contributed by atoms with Crippen molar-refractivity contribution in [1.29, 1.82) is 0 Å². The second-order valence-electron chi connectivity index (χ2n) is 3.66. The predicted molar refractivity (Wildman–Crippen MR) is 57.3 cm³/mol. The number of allylic oxidation sites excluding steroid dienone is 2. The molecule has 12 heavy (non-hydrogen) atoms. The Morgan fingerprint density at radius 3 is 2.08 bits per heavy atom. The van der Waals surface area contributed by atoms with E-state index in [1.807, 2.05) is 0 Å². The minimum Gasteiger partial charge on any atom is -0.100 e. The van der Waals surface area contributed by atoms with E-state index >= 15 is 0 Å². The van der Waals surface area contributed by atoms with Crippen LogP contribution in [0, 0.1) is 0 Å². The highest BCUT2D eigenvalue weighted by molar-refractivity contribution is 4.94. The van der Waals surface area contributed by atoms with Gasteiger partial charge < -0.3 is 0 Å². The fraction of sp³-hybridized carbons (Fsp3) is 0.667. The summed E-state index contributed by atoms with van der Waals surface area (Å²) in [6.07, 6.45) is 7.39. The lowest BCUT2D eigenvalue weighted by Crippen LogP contribution is -1.83. The molecular formula is C12H22. The van der Waals surface area contributed by atoms with Crippen molar-refractivity contribution in [3.8, 4) is 0 Å². The Bertz CT molecular complexity index is 142. The Morgan fingerprint density at radius 2 is 1.58 bits per heavy atom. The highest BCUT2D eigenvalue weighted by Crippen LogP contribution is 2.13. The van der Waals surface area contributed by atoms with Crippen molar-refractivity contribution in [2.75, 3.05) is 0 Å². The van der Waals surface area contributed by atoms with E-state index in [-0.39, 0.29) is 0 Å². The number of hydrogen-bond donors (Lipinski definition) is 0. The van der Waals surface area contributed by atoms with E-state index in [1.54, 1.807) is 0 Å². The lowest BCUT2D eigenvalue weighted by atomic mass is 10.0. The summed E-state index contributed by atoms with van der Waals surface area (Å²) in [5.74, 6) is 0. The zero-order valence-corrected chi connectivity index (χ0v) is 8.66. The molecule has 0 N–H and O–H groups in total.